The number of hydrogen-bond acceptors (Lipinski definition) is 5. The lowest BCUT2D eigenvalue weighted by atomic mass is 10.2. The van der Waals surface area contributed by atoms with E-state index in [4.69, 9.17) is 14.2 Å². The van der Waals surface area contributed by atoms with Gasteiger partial charge in [-0.1, -0.05) is 30.3 Å². The van der Waals surface area contributed by atoms with Gasteiger partial charge in [-0.2, -0.15) is 0 Å². The van der Waals surface area contributed by atoms with E-state index >= 15 is 0 Å². The van der Waals surface area contributed by atoms with Gasteiger partial charge in [0.15, 0.2) is 6.54 Å². The molecule has 0 radical (unpaired) electrons. The zero-order chi connectivity index (χ0) is 22.1. The van der Waals surface area contributed by atoms with Crippen molar-refractivity contribution in [3.63, 3.8) is 0 Å². The Kier molecular flexibility index (Phi) is 8.55. The molecule has 1 atom stereocenters. The predicted molar refractivity (Wildman–Crippen MR) is 122 cm³/mol. The Hall–Kier alpha value is -2.77. The van der Waals surface area contributed by atoms with Gasteiger partial charge in [-0.05, 0) is 13.8 Å². The summed E-state index contributed by atoms with van der Waals surface area (Å²) < 4.78 is 17.3. The fourth-order valence-corrected chi connectivity index (χ4v) is 3.72. The first kappa shape index (κ1) is 22.9. The van der Waals surface area contributed by atoms with Crippen molar-refractivity contribution in [2.45, 2.75) is 20.4 Å². The highest BCUT2D eigenvalue weighted by Gasteiger charge is 2.21. The third-order valence-corrected chi connectivity index (χ3v) is 5.10. The Morgan fingerprint density at radius 1 is 1.06 bits per heavy atom. The Morgan fingerprint density at radius 3 is 2.42 bits per heavy atom. The minimum absolute atomic E-state index is 0.0593. The van der Waals surface area contributed by atoms with Gasteiger partial charge in [0.05, 0.1) is 44.8 Å². The van der Waals surface area contributed by atoms with E-state index in [9.17, 15) is 4.79 Å². The van der Waals surface area contributed by atoms with Crippen LogP contribution in [0.5, 0.6) is 11.5 Å². The summed E-state index contributed by atoms with van der Waals surface area (Å²) in [4.78, 5) is 16.1. The molecular formula is C24H34N3O4+. The normalized spacial score (nSPS) is 14.7. The maximum Gasteiger partial charge on any atom is 0.279 e. The van der Waals surface area contributed by atoms with Gasteiger partial charge in [0, 0.05) is 30.8 Å². The van der Waals surface area contributed by atoms with E-state index in [0.29, 0.717) is 44.4 Å². The standard InChI is InChI=1S/C24H33N3O4/c1-4-30-22-16-21(27-11-13-29-14-12-27)23(31-5-2)15-20(22)25-24(28)18-26(3)17-19-9-7-6-8-10-19/h6-10,15-16H,4-5,11-14,17-18H2,1-3H3,(H,25,28)/p+1. The Morgan fingerprint density at radius 2 is 1.74 bits per heavy atom. The highest BCUT2D eigenvalue weighted by atomic mass is 16.5. The molecule has 1 unspecified atom stereocenters. The number of hydrogen-bond donors (Lipinski definition) is 2. The molecule has 2 aromatic rings. The van der Waals surface area contributed by atoms with Gasteiger partial charge >= 0.3 is 0 Å². The Bertz CT molecular complexity index is 838. The second-order valence-corrected chi connectivity index (χ2v) is 7.63. The quantitative estimate of drug-likeness (QED) is 0.606. The van der Waals surface area contributed by atoms with Crippen LogP contribution < -0.4 is 24.6 Å². The number of benzene rings is 2. The number of rotatable bonds is 10. The van der Waals surface area contributed by atoms with Crippen molar-refractivity contribution in [2.24, 2.45) is 0 Å². The molecule has 1 saturated heterocycles. The minimum atomic E-state index is -0.0593. The van der Waals surface area contributed by atoms with Crippen LogP contribution in [0.1, 0.15) is 19.4 Å². The van der Waals surface area contributed by atoms with Crippen LogP contribution in [0.15, 0.2) is 42.5 Å². The molecule has 1 amide bonds. The summed E-state index contributed by atoms with van der Waals surface area (Å²) in [5, 5.41) is 3.03. The number of quaternary nitrogens is 1. The lowest BCUT2D eigenvalue weighted by Gasteiger charge is -2.31. The van der Waals surface area contributed by atoms with Crippen LogP contribution in [0.4, 0.5) is 11.4 Å². The second-order valence-electron chi connectivity index (χ2n) is 7.63. The summed E-state index contributed by atoms with van der Waals surface area (Å²) in [5.41, 5.74) is 2.81. The molecule has 31 heavy (non-hydrogen) atoms. The zero-order valence-corrected chi connectivity index (χ0v) is 18.8. The molecule has 2 aromatic carbocycles. The molecule has 0 spiro atoms. The average Bonchev–Trinajstić information content (AvgIpc) is 2.77. The summed E-state index contributed by atoms with van der Waals surface area (Å²) in [6.45, 7) is 9.06. The van der Waals surface area contributed by atoms with Gasteiger partial charge in [-0.3, -0.25) is 4.79 Å². The first-order valence-corrected chi connectivity index (χ1v) is 11.0. The first-order valence-electron chi connectivity index (χ1n) is 11.0. The monoisotopic (exact) mass is 428 g/mol. The molecule has 1 aliphatic rings. The molecule has 7 heteroatoms. The Labute approximate surface area is 184 Å². The van der Waals surface area contributed by atoms with E-state index in [1.165, 1.54) is 5.56 Å². The van der Waals surface area contributed by atoms with Crippen molar-refractivity contribution < 1.29 is 23.9 Å². The number of ether oxygens (including phenoxy) is 3. The predicted octanol–water partition coefficient (Wildman–Crippen LogP) is 1.97. The lowest BCUT2D eigenvalue weighted by molar-refractivity contribution is -0.885. The topological polar surface area (TPSA) is 64.5 Å². The summed E-state index contributed by atoms with van der Waals surface area (Å²) >= 11 is 0. The van der Waals surface area contributed by atoms with Gasteiger partial charge in [0.2, 0.25) is 0 Å². The van der Waals surface area contributed by atoms with Crippen molar-refractivity contribution in [2.75, 3.05) is 63.3 Å². The number of carbonyl (C=O) groups excluding carboxylic acids is 1. The third-order valence-electron chi connectivity index (χ3n) is 5.10. The largest absolute Gasteiger partial charge is 0.492 e. The molecule has 1 fully saturated rings. The van der Waals surface area contributed by atoms with E-state index in [1.54, 1.807) is 0 Å². The van der Waals surface area contributed by atoms with E-state index in [1.807, 2.05) is 51.2 Å². The van der Waals surface area contributed by atoms with Crippen LogP contribution in [0.2, 0.25) is 0 Å². The van der Waals surface area contributed by atoms with E-state index in [0.717, 1.165) is 36.0 Å². The fourth-order valence-electron chi connectivity index (χ4n) is 3.72. The molecule has 0 bridgehead atoms. The molecule has 3 rings (SSSR count). The van der Waals surface area contributed by atoms with Crippen LogP contribution >= 0.6 is 0 Å². The maximum absolute atomic E-state index is 12.8. The highest BCUT2D eigenvalue weighted by molar-refractivity contribution is 5.94. The van der Waals surface area contributed by atoms with E-state index < -0.39 is 0 Å². The minimum Gasteiger partial charge on any atom is -0.492 e. The smallest absolute Gasteiger partial charge is 0.279 e. The second kappa shape index (κ2) is 11.6. The lowest BCUT2D eigenvalue weighted by Crippen LogP contribution is -3.08. The number of carbonyl (C=O) groups is 1. The van der Waals surface area contributed by atoms with Gasteiger partial charge in [0.25, 0.3) is 5.91 Å². The van der Waals surface area contributed by atoms with Gasteiger partial charge in [0.1, 0.15) is 18.0 Å². The zero-order valence-electron chi connectivity index (χ0n) is 18.8. The van der Waals surface area contributed by atoms with Crippen molar-refractivity contribution in [3.05, 3.63) is 48.0 Å². The SMILES string of the molecule is CCOc1cc(N2CCOCC2)c(OCC)cc1NC(=O)C[NH+](C)Cc1ccccc1. The Balaban J connectivity index is 1.75. The number of anilines is 2. The van der Waals surface area contributed by atoms with Crippen LogP contribution in [0.3, 0.4) is 0 Å². The molecule has 7 nitrogen and oxygen atoms in total. The third kappa shape index (κ3) is 6.60. The summed E-state index contributed by atoms with van der Waals surface area (Å²) in [7, 11) is 2.02. The van der Waals surface area contributed by atoms with Crippen LogP contribution in [-0.4, -0.2) is 59.0 Å². The molecule has 1 aliphatic heterocycles. The summed E-state index contributed by atoms with van der Waals surface area (Å²) in [5.74, 6) is 1.34. The summed E-state index contributed by atoms with van der Waals surface area (Å²) in [6, 6.07) is 14.0. The number of amides is 1. The highest BCUT2D eigenvalue weighted by Crippen LogP contribution is 2.39. The maximum atomic E-state index is 12.8. The molecule has 0 aromatic heterocycles. The van der Waals surface area contributed by atoms with Crippen molar-refractivity contribution >= 4 is 17.3 Å². The molecule has 0 aliphatic carbocycles. The fraction of sp³-hybridized carbons (Fsp3) is 0.458. The average molecular weight is 429 g/mol. The van der Waals surface area contributed by atoms with Gasteiger partial charge in [-0.15, -0.1) is 0 Å². The molecule has 168 valence electrons. The van der Waals surface area contributed by atoms with E-state index in [-0.39, 0.29) is 5.91 Å². The van der Waals surface area contributed by atoms with Crippen LogP contribution in [-0.2, 0) is 16.1 Å². The van der Waals surface area contributed by atoms with Crippen LogP contribution in [0.25, 0.3) is 0 Å². The van der Waals surface area contributed by atoms with Crippen molar-refractivity contribution in [1.29, 1.82) is 0 Å². The first-order chi connectivity index (χ1) is 15.1. The molecule has 2 N–H and O–H groups in total. The van der Waals surface area contributed by atoms with Gasteiger partial charge in [-0.25, -0.2) is 0 Å². The van der Waals surface area contributed by atoms with E-state index in [2.05, 4.69) is 22.3 Å². The molecule has 0 saturated carbocycles. The van der Waals surface area contributed by atoms with Crippen LogP contribution in [0, 0.1) is 0 Å². The molecule has 1 heterocycles. The number of nitrogens with zero attached hydrogens (tertiary/aromatic N) is 1. The van der Waals surface area contributed by atoms with Crippen molar-refractivity contribution in [3.8, 4) is 11.5 Å². The number of morpholine rings is 1. The van der Waals surface area contributed by atoms with Gasteiger partial charge < -0.3 is 29.3 Å². The van der Waals surface area contributed by atoms with Crippen molar-refractivity contribution in [1.82, 2.24) is 0 Å². The number of likely N-dealkylation sites (N-methyl/N-ethyl adjacent to an activating group) is 1. The number of nitrogens with one attached hydrogen (secondary N) is 2. The summed E-state index contributed by atoms with van der Waals surface area (Å²) in [6.07, 6.45) is 0. The molecular weight excluding hydrogens is 394 g/mol.